The van der Waals surface area contributed by atoms with E-state index >= 15 is 0 Å². The van der Waals surface area contributed by atoms with E-state index in [0.29, 0.717) is 62.6 Å². The minimum Gasteiger partial charge on any atom is -0.486 e. The van der Waals surface area contributed by atoms with Gasteiger partial charge in [0.15, 0.2) is 11.5 Å². The van der Waals surface area contributed by atoms with Crippen molar-refractivity contribution in [1.82, 2.24) is 15.4 Å². The second-order valence-corrected chi connectivity index (χ2v) is 7.45. The lowest BCUT2D eigenvalue weighted by Crippen LogP contribution is -2.36. The van der Waals surface area contributed by atoms with Crippen LogP contribution in [0.1, 0.15) is 46.6 Å². The van der Waals surface area contributed by atoms with E-state index in [0.717, 1.165) is 17.0 Å². The fraction of sp³-hybridized carbons (Fsp3) is 0.476. The third-order valence-electron chi connectivity index (χ3n) is 5.48. The van der Waals surface area contributed by atoms with Gasteiger partial charge in [0.2, 0.25) is 5.91 Å². The summed E-state index contributed by atoms with van der Waals surface area (Å²) in [5, 5.41) is 7.02. The first-order valence-electron chi connectivity index (χ1n) is 9.92. The van der Waals surface area contributed by atoms with E-state index in [2.05, 4.69) is 10.5 Å². The van der Waals surface area contributed by atoms with Gasteiger partial charge in [-0.15, -0.1) is 0 Å². The van der Waals surface area contributed by atoms with E-state index in [1.165, 1.54) is 0 Å². The van der Waals surface area contributed by atoms with Crippen LogP contribution in [-0.2, 0) is 11.3 Å². The van der Waals surface area contributed by atoms with Gasteiger partial charge in [0.1, 0.15) is 19.0 Å². The number of benzene rings is 1. The number of rotatable bonds is 4. The number of likely N-dealkylation sites (tertiary alicyclic amines) is 1. The minimum absolute atomic E-state index is 0.0792. The molecule has 1 aromatic heterocycles. The number of nitrogens with zero attached hydrogens (tertiary/aromatic N) is 2. The number of para-hydroxylation sites is 1. The molecule has 1 unspecified atom stereocenters. The molecule has 1 atom stereocenters. The summed E-state index contributed by atoms with van der Waals surface area (Å²) in [5.41, 5.74) is 2.22. The summed E-state index contributed by atoms with van der Waals surface area (Å²) in [6, 6.07) is 5.22. The lowest BCUT2D eigenvalue weighted by atomic mass is 10.1. The van der Waals surface area contributed by atoms with Gasteiger partial charge in [-0.1, -0.05) is 11.2 Å². The van der Waals surface area contributed by atoms with E-state index in [4.69, 9.17) is 14.0 Å². The van der Waals surface area contributed by atoms with E-state index in [9.17, 15) is 9.59 Å². The van der Waals surface area contributed by atoms with Crippen molar-refractivity contribution in [3.8, 4) is 11.5 Å². The summed E-state index contributed by atoms with van der Waals surface area (Å²) < 4.78 is 16.4. The van der Waals surface area contributed by atoms with Gasteiger partial charge in [-0.2, -0.15) is 0 Å². The first kappa shape index (κ1) is 19.3. The molecule has 29 heavy (non-hydrogen) atoms. The van der Waals surface area contributed by atoms with E-state index < -0.39 is 0 Å². The topological polar surface area (TPSA) is 93.9 Å². The lowest BCUT2D eigenvalue weighted by Gasteiger charge is -2.22. The fourth-order valence-electron chi connectivity index (χ4n) is 3.78. The minimum atomic E-state index is -0.205. The second-order valence-electron chi connectivity index (χ2n) is 7.45. The molecule has 1 aromatic carbocycles. The highest BCUT2D eigenvalue weighted by Gasteiger charge is 2.27. The SMILES string of the molecule is Cc1noc(C)c1CN1CCC(NC(=O)c2cccc3c2OCCO3)CCC1=O. The molecule has 0 spiro atoms. The third kappa shape index (κ3) is 4.06. The largest absolute Gasteiger partial charge is 0.486 e. The van der Waals surface area contributed by atoms with Crippen LogP contribution < -0.4 is 14.8 Å². The van der Waals surface area contributed by atoms with Crippen molar-refractivity contribution in [2.75, 3.05) is 19.8 Å². The predicted octanol–water partition coefficient (Wildman–Crippen LogP) is 2.37. The van der Waals surface area contributed by atoms with Crippen molar-refractivity contribution < 1.29 is 23.6 Å². The maximum absolute atomic E-state index is 12.8. The second kappa shape index (κ2) is 8.14. The van der Waals surface area contributed by atoms with Crippen molar-refractivity contribution in [2.45, 2.75) is 45.7 Å². The summed E-state index contributed by atoms with van der Waals surface area (Å²) in [6.45, 7) is 5.69. The Morgan fingerprint density at radius 3 is 2.86 bits per heavy atom. The number of carbonyl (C=O) groups excluding carboxylic acids is 2. The van der Waals surface area contributed by atoms with Gasteiger partial charge in [-0.05, 0) is 38.8 Å². The summed E-state index contributed by atoms with van der Waals surface area (Å²) in [6.07, 6.45) is 1.68. The first-order chi connectivity index (χ1) is 14.0. The Kier molecular flexibility index (Phi) is 5.42. The number of aryl methyl sites for hydroxylation is 2. The average molecular weight is 399 g/mol. The highest BCUT2D eigenvalue weighted by Crippen LogP contribution is 2.33. The smallest absolute Gasteiger partial charge is 0.255 e. The molecule has 8 nitrogen and oxygen atoms in total. The van der Waals surface area contributed by atoms with Crippen LogP contribution in [0.4, 0.5) is 0 Å². The van der Waals surface area contributed by atoms with E-state index in [1.807, 2.05) is 18.7 Å². The molecule has 2 aromatic rings. The van der Waals surface area contributed by atoms with Crippen molar-refractivity contribution in [1.29, 1.82) is 0 Å². The fourth-order valence-corrected chi connectivity index (χ4v) is 3.78. The van der Waals surface area contributed by atoms with Gasteiger partial charge in [-0.3, -0.25) is 9.59 Å². The van der Waals surface area contributed by atoms with Crippen molar-refractivity contribution >= 4 is 11.8 Å². The molecule has 0 aliphatic carbocycles. The number of amides is 2. The molecule has 2 aliphatic rings. The zero-order chi connectivity index (χ0) is 20.4. The van der Waals surface area contributed by atoms with Crippen LogP contribution in [0.5, 0.6) is 11.5 Å². The molecule has 1 fully saturated rings. The Hall–Kier alpha value is -3.03. The molecular weight excluding hydrogens is 374 g/mol. The quantitative estimate of drug-likeness (QED) is 0.848. The molecule has 1 N–H and O–H groups in total. The van der Waals surface area contributed by atoms with Gasteiger partial charge < -0.3 is 24.2 Å². The van der Waals surface area contributed by atoms with Gasteiger partial charge in [-0.25, -0.2) is 0 Å². The molecule has 3 heterocycles. The Balaban J connectivity index is 1.41. The van der Waals surface area contributed by atoms with Gasteiger partial charge in [0.05, 0.1) is 17.8 Å². The predicted molar refractivity (Wildman–Crippen MR) is 104 cm³/mol. The number of aromatic nitrogens is 1. The molecule has 0 saturated carbocycles. The van der Waals surface area contributed by atoms with Crippen LogP contribution in [0, 0.1) is 13.8 Å². The summed E-state index contributed by atoms with van der Waals surface area (Å²) in [5.74, 6) is 1.69. The average Bonchev–Trinajstić information content (AvgIpc) is 2.94. The van der Waals surface area contributed by atoms with E-state index in [1.54, 1.807) is 18.2 Å². The Labute approximate surface area is 169 Å². The standard InChI is InChI=1S/C21H25N3O5/c1-13-17(14(2)29-23-13)12-24-9-8-15(6-7-19(24)25)22-21(26)16-4-3-5-18-20(16)28-11-10-27-18/h3-5,15H,6-12H2,1-2H3,(H,22,26). The Morgan fingerprint density at radius 1 is 1.24 bits per heavy atom. The highest BCUT2D eigenvalue weighted by atomic mass is 16.6. The molecule has 1 saturated heterocycles. The molecule has 4 rings (SSSR count). The number of hydrogen-bond acceptors (Lipinski definition) is 6. The lowest BCUT2D eigenvalue weighted by molar-refractivity contribution is -0.131. The third-order valence-corrected chi connectivity index (χ3v) is 5.48. The van der Waals surface area contributed by atoms with Gasteiger partial charge >= 0.3 is 0 Å². The van der Waals surface area contributed by atoms with Crippen molar-refractivity contribution in [3.05, 3.63) is 40.8 Å². The Bertz CT molecular complexity index is 904. The van der Waals surface area contributed by atoms with Crippen LogP contribution in [0.15, 0.2) is 22.7 Å². The number of fused-ring (bicyclic) bond motifs is 1. The molecule has 2 aliphatic heterocycles. The number of hydrogen-bond donors (Lipinski definition) is 1. The normalized spacial score (nSPS) is 19.0. The van der Waals surface area contributed by atoms with Crippen LogP contribution >= 0.6 is 0 Å². The Morgan fingerprint density at radius 2 is 2.07 bits per heavy atom. The van der Waals surface area contributed by atoms with Crippen LogP contribution in [-0.4, -0.2) is 47.7 Å². The molecule has 8 heteroatoms. The van der Waals surface area contributed by atoms with Crippen LogP contribution in [0.25, 0.3) is 0 Å². The summed E-state index contributed by atoms with van der Waals surface area (Å²) >= 11 is 0. The molecule has 154 valence electrons. The molecule has 0 radical (unpaired) electrons. The van der Waals surface area contributed by atoms with Gasteiger partial charge in [0.25, 0.3) is 5.91 Å². The summed E-state index contributed by atoms with van der Waals surface area (Å²) in [7, 11) is 0. The zero-order valence-electron chi connectivity index (χ0n) is 16.7. The zero-order valence-corrected chi connectivity index (χ0v) is 16.7. The molecule has 0 bridgehead atoms. The van der Waals surface area contributed by atoms with Crippen molar-refractivity contribution in [2.24, 2.45) is 0 Å². The van der Waals surface area contributed by atoms with Gasteiger partial charge in [0, 0.05) is 24.6 Å². The number of carbonyl (C=O) groups is 2. The highest BCUT2D eigenvalue weighted by molar-refractivity contribution is 5.98. The molecular formula is C21H25N3O5. The van der Waals surface area contributed by atoms with Crippen LogP contribution in [0.2, 0.25) is 0 Å². The van der Waals surface area contributed by atoms with Crippen LogP contribution in [0.3, 0.4) is 0 Å². The molecule has 2 amide bonds. The summed E-state index contributed by atoms with van der Waals surface area (Å²) in [4.78, 5) is 27.2. The monoisotopic (exact) mass is 399 g/mol. The van der Waals surface area contributed by atoms with Crippen molar-refractivity contribution in [3.63, 3.8) is 0 Å². The number of nitrogens with one attached hydrogen (secondary N) is 1. The first-order valence-corrected chi connectivity index (χ1v) is 9.92. The van der Waals surface area contributed by atoms with E-state index in [-0.39, 0.29) is 17.9 Å². The maximum atomic E-state index is 12.8. The maximum Gasteiger partial charge on any atom is 0.255 e. The number of ether oxygens (including phenoxy) is 2.